The van der Waals surface area contributed by atoms with Crippen LogP contribution in [0.4, 0.5) is 18.9 Å². The fourth-order valence-electron chi connectivity index (χ4n) is 2.32. The zero-order valence-electron chi connectivity index (χ0n) is 12.9. The standard InChI is InChI=1S/C15H15F3N4O2.ClH/c16-15(17,18)10-2-1-3-12(6-10)22-8-11(7-20-22)21-14(23)13-9-24-5-4-19-13;/h1-3,6-8,13,19H,4-5,9H2,(H,21,23);1H. The fraction of sp³-hybridized carbons (Fsp3) is 0.333. The summed E-state index contributed by atoms with van der Waals surface area (Å²) in [6, 6.07) is 4.33. The molecule has 0 spiro atoms. The Hall–Kier alpha value is -2.10. The number of hydrogen-bond acceptors (Lipinski definition) is 4. The number of alkyl halides is 3. The molecule has 0 bridgehead atoms. The van der Waals surface area contributed by atoms with E-state index >= 15 is 0 Å². The van der Waals surface area contributed by atoms with Crippen molar-refractivity contribution < 1.29 is 22.7 Å². The summed E-state index contributed by atoms with van der Waals surface area (Å²) in [5, 5.41) is 9.66. The molecule has 1 fully saturated rings. The van der Waals surface area contributed by atoms with Gasteiger partial charge < -0.3 is 15.4 Å². The van der Waals surface area contributed by atoms with Crippen molar-refractivity contribution in [1.29, 1.82) is 0 Å². The third kappa shape index (κ3) is 4.71. The smallest absolute Gasteiger partial charge is 0.378 e. The number of nitrogens with zero attached hydrogens (tertiary/aromatic N) is 2. The molecular weight excluding hydrogens is 361 g/mol. The molecule has 1 aromatic carbocycles. The highest BCUT2D eigenvalue weighted by Crippen LogP contribution is 2.30. The first-order valence-corrected chi connectivity index (χ1v) is 7.28. The molecule has 1 amide bonds. The van der Waals surface area contributed by atoms with Crippen molar-refractivity contribution in [2.45, 2.75) is 12.2 Å². The van der Waals surface area contributed by atoms with Gasteiger partial charge in [0.25, 0.3) is 0 Å². The molecule has 136 valence electrons. The Morgan fingerprint density at radius 3 is 2.88 bits per heavy atom. The summed E-state index contributed by atoms with van der Waals surface area (Å²) >= 11 is 0. The number of amides is 1. The number of benzene rings is 1. The summed E-state index contributed by atoms with van der Waals surface area (Å²) in [6.45, 7) is 1.41. The Bertz CT molecular complexity index is 730. The second kappa shape index (κ2) is 7.85. The number of carbonyl (C=O) groups excluding carboxylic acids is 1. The molecule has 2 aromatic rings. The minimum Gasteiger partial charge on any atom is -0.378 e. The molecule has 25 heavy (non-hydrogen) atoms. The van der Waals surface area contributed by atoms with Crippen LogP contribution in [0.3, 0.4) is 0 Å². The average Bonchev–Trinajstić information content (AvgIpc) is 3.03. The zero-order valence-corrected chi connectivity index (χ0v) is 13.7. The van der Waals surface area contributed by atoms with Gasteiger partial charge in [-0.25, -0.2) is 4.68 Å². The molecule has 6 nitrogen and oxygen atoms in total. The number of anilines is 1. The number of hydrogen-bond donors (Lipinski definition) is 2. The van der Waals surface area contributed by atoms with E-state index in [1.165, 1.54) is 29.2 Å². The van der Waals surface area contributed by atoms with Gasteiger partial charge in [0.2, 0.25) is 5.91 Å². The van der Waals surface area contributed by atoms with E-state index in [0.29, 0.717) is 18.8 Å². The van der Waals surface area contributed by atoms with Crippen molar-refractivity contribution in [2.24, 2.45) is 0 Å². The summed E-state index contributed by atoms with van der Waals surface area (Å²) in [7, 11) is 0. The highest BCUT2D eigenvalue weighted by atomic mass is 35.5. The van der Waals surface area contributed by atoms with Crippen molar-refractivity contribution in [3.05, 3.63) is 42.2 Å². The first-order chi connectivity index (χ1) is 11.4. The van der Waals surface area contributed by atoms with E-state index in [4.69, 9.17) is 4.74 Å². The topological polar surface area (TPSA) is 68.2 Å². The van der Waals surface area contributed by atoms with E-state index in [9.17, 15) is 18.0 Å². The molecule has 10 heteroatoms. The lowest BCUT2D eigenvalue weighted by Gasteiger charge is -2.22. The third-order valence-electron chi connectivity index (χ3n) is 3.53. The summed E-state index contributed by atoms with van der Waals surface area (Å²) in [6.07, 6.45) is -1.59. The molecule has 3 rings (SSSR count). The van der Waals surface area contributed by atoms with Gasteiger partial charge >= 0.3 is 6.18 Å². The molecule has 2 heterocycles. The van der Waals surface area contributed by atoms with Crippen LogP contribution >= 0.6 is 12.4 Å². The second-order valence-corrected chi connectivity index (χ2v) is 5.29. The van der Waals surface area contributed by atoms with Gasteiger partial charge in [-0.15, -0.1) is 12.4 Å². The van der Waals surface area contributed by atoms with Crippen LogP contribution in [0.5, 0.6) is 0 Å². The lowest BCUT2D eigenvalue weighted by molar-refractivity contribution is -0.137. The van der Waals surface area contributed by atoms with Gasteiger partial charge in [-0.1, -0.05) is 6.07 Å². The number of morpholine rings is 1. The first-order valence-electron chi connectivity index (χ1n) is 7.28. The van der Waals surface area contributed by atoms with E-state index in [0.717, 1.165) is 12.1 Å². The molecule has 1 atom stereocenters. The van der Waals surface area contributed by atoms with Crippen LogP contribution in [0.25, 0.3) is 5.69 Å². The highest BCUT2D eigenvalue weighted by molar-refractivity contribution is 5.94. The van der Waals surface area contributed by atoms with Crippen molar-refractivity contribution in [3.63, 3.8) is 0 Å². The number of halogens is 4. The number of ether oxygens (including phenoxy) is 1. The van der Waals surface area contributed by atoms with E-state index in [-0.39, 0.29) is 30.6 Å². The van der Waals surface area contributed by atoms with Crippen molar-refractivity contribution in [3.8, 4) is 5.69 Å². The van der Waals surface area contributed by atoms with Crippen LogP contribution in [0.1, 0.15) is 5.56 Å². The van der Waals surface area contributed by atoms with Crippen LogP contribution in [-0.2, 0) is 15.7 Å². The lowest BCUT2D eigenvalue weighted by Crippen LogP contribution is -2.48. The molecule has 1 aromatic heterocycles. The highest BCUT2D eigenvalue weighted by Gasteiger charge is 2.30. The van der Waals surface area contributed by atoms with Crippen LogP contribution in [0, 0.1) is 0 Å². The summed E-state index contributed by atoms with van der Waals surface area (Å²) in [5.41, 5.74) is -0.112. The molecule has 0 aliphatic carbocycles. The molecule has 0 radical (unpaired) electrons. The first kappa shape index (κ1) is 19.2. The number of nitrogens with one attached hydrogen (secondary N) is 2. The van der Waals surface area contributed by atoms with Crippen molar-refractivity contribution in [1.82, 2.24) is 15.1 Å². The molecule has 1 aliphatic heterocycles. The van der Waals surface area contributed by atoms with Gasteiger partial charge in [0.1, 0.15) is 6.04 Å². The molecule has 1 unspecified atom stereocenters. The van der Waals surface area contributed by atoms with Gasteiger partial charge in [-0.05, 0) is 18.2 Å². The predicted molar refractivity (Wildman–Crippen MR) is 87.1 cm³/mol. The molecule has 0 saturated carbocycles. The Kier molecular flexibility index (Phi) is 6.04. The summed E-state index contributed by atoms with van der Waals surface area (Å²) < 4.78 is 44.8. The van der Waals surface area contributed by atoms with Crippen LogP contribution < -0.4 is 10.6 Å². The van der Waals surface area contributed by atoms with Crippen LogP contribution in [0.2, 0.25) is 0 Å². The minimum atomic E-state index is -4.42. The van der Waals surface area contributed by atoms with E-state index in [2.05, 4.69) is 15.7 Å². The van der Waals surface area contributed by atoms with Gasteiger partial charge in [-0.3, -0.25) is 4.79 Å². The zero-order chi connectivity index (χ0) is 17.2. The van der Waals surface area contributed by atoms with E-state index in [1.54, 1.807) is 0 Å². The van der Waals surface area contributed by atoms with E-state index in [1.807, 2.05) is 0 Å². The number of carbonyl (C=O) groups is 1. The van der Waals surface area contributed by atoms with E-state index < -0.39 is 17.8 Å². The Labute approximate surface area is 147 Å². The number of rotatable bonds is 3. The van der Waals surface area contributed by atoms with Crippen LogP contribution in [0.15, 0.2) is 36.7 Å². The molecule has 1 aliphatic rings. The SMILES string of the molecule is Cl.O=C(Nc1cnn(-c2cccc(C(F)(F)F)c2)c1)C1COCCN1. The normalized spacial score (nSPS) is 17.6. The third-order valence-corrected chi connectivity index (χ3v) is 3.53. The molecule has 1 saturated heterocycles. The Morgan fingerprint density at radius 2 is 2.20 bits per heavy atom. The van der Waals surface area contributed by atoms with Gasteiger partial charge in [0, 0.05) is 6.54 Å². The Morgan fingerprint density at radius 1 is 1.40 bits per heavy atom. The van der Waals surface area contributed by atoms with Gasteiger partial charge in [-0.2, -0.15) is 18.3 Å². The maximum Gasteiger partial charge on any atom is 0.416 e. The molecule has 2 N–H and O–H groups in total. The predicted octanol–water partition coefficient (Wildman–Crippen LogP) is 2.24. The summed E-state index contributed by atoms with van der Waals surface area (Å²) in [4.78, 5) is 12.1. The maximum atomic E-state index is 12.8. The Balaban J connectivity index is 0.00000225. The minimum absolute atomic E-state index is 0. The quantitative estimate of drug-likeness (QED) is 0.862. The lowest BCUT2D eigenvalue weighted by atomic mass is 10.2. The van der Waals surface area contributed by atoms with Gasteiger partial charge in [0.15, 0.2) is 0 Å². The maximum absolute atomic E-state index is 12.8. The van der Waals surface area contributed by atoms with Crippen molar-refractivity contribution >= 4 is 24.0 Å². The number of aromatic nitrogens is 2. The van der Waals surface area contributed by atoms with Crippen molar-refractivity contribution in [2.75, 3.05) is 25.1 Å². The van der Waals surface area contributed by atoms with Crippen LogP contribution in [-0.4, -0.2) is 41.5 Å². The largest absolute Gasteiger partial charge is 0.416 e. The fourth-order valence-corrected chi connectivity index (χ4v) is 2.32. The second-order valence-electron chi connectivity index (χ2n) is 5.29. The molecular formula is C15H16ClF3N4O2. The average molecular weight is 377 g/mol. The summed E-state index contributed by atoms with van der Waals surface area (Å²) in [5.74, 6) is -0.279. The monoisotopic (exact) mass is 376 g/mol. The van der Waals surface area contributed by atoms with Gasteiger partial charge in [0.05, 0.1) is 42.5 Å².